The Morgan fingerprint density at radius 3 is 2.87 bits per heavy atom. The van der Waals surface area contributed by atoms with Crippen LogP contribution < -0.4 is 0 Å². The lowest BCUT2D eigenvalue weighted by molar-refractivity contribution is -0.130. The third-order valence-corrected chi connectivity index (χ3v) is 5.53. The van der Waals surface area contributed by atoms with Gasteiger partial charge in [-0.1, -0.05) is 17.7 Å². The second-order valence-electron chi connectivity index (χ2n) is 6.23. The molecule has 2 heterocycles. The Bertz CT molecular complexity index is 844. The molecule has 1 aromatic heterocycles. The summed E-state index contributed by atoms with van der Waals surface area (Å²) in [6.07, 6.45) is 3.87. The molecule has 0 N–H and O–H groups in total. The number of hydrogen-bond donors (Lipinski definition) is 0. The van der Waals surface area contributed by atoms with Gasteiger partial charge in [0.1, 0.15) is 16.4 Å². The van der Waals surface area contributed by atoms with Gasteiger partial charge in [0.2, 0.25) is 5.91 Å². The van der Waals surface area contributed by atoms with E-state index < -0.39 is 9.84 Å². The number of halogens is 1. The molecule has 0 saturated carbocycles. The molecular formula is C16H19ClN2O3S. The number of likely N-dealkylation sites (tertiary alicyclic amines) is 1. The van der Waals surface area contributed by atoms with Crippen LogP contribution in [0.25, 0.3) is 10.9 Å². The molecule has 0 spiro atoms. The predicted molar refractivity (Wildman–Crippen MR) is 91.3 cm³/mol. The van der Waals surface area contributed by atoms with E-state index in [1.165, 1.54) is 6.26 Å². The third-order valence-electron chi connectivity index (χ3n) is 4.22. The highest BCUT2D eigenvalue weighted by molar-refractivity contribution is 7.90. The average molecular weight is 355 g/mol. The Balaban J connectivity index is 1.68. The molecule has 0 bridgehead atoms. The maximum atomic E-state index is 12.5. The molecule has 23 heavy (non-hydrogen) atoms. The summed E-state index contributed by atoms with van der Waals surface area (Å²) in [5, 5.41) is 1.68. The number of hydrogen-bond acceptors (Lipinski definition) is 3. The van der Waals surface area contributed by atoms with Gasteiger partial charge in [0.05, 0.1) is 5.75 Å². The zero-order chi connectivity index (χ0) is 16.6. The van der Waals surface area contributed by atoms with Crippen LogP contribution in [0.3, 0.4) is 0 Å². The SMILES string of the molecule is CS(=O)(=O)CC1CCN(C(=O)Cn2ccc3ccc(Cl)cc32)C1. The molecule has 3 rings (SSSR count). The molecular weight excluding hydrogens is 336 g/mol. The van der Waals surface area contributed by atoms with E-state index in [1.54, 1.807) is 4.90 Å². The lowest BCUT2D eigenvalue weighted by Crippen LogP contribution is -2.32. The minimum absolute atomic E-state index is 0.0125. The summed E-state index contributed by atoms with van der Waals surface area (Å²) in [6.45, 7) is 1.39. The van der Waals surface area contributed by atoms with Crippen LogP contribution in [-0.2, 0) is 21.2 Å². The molecule has 1 aliphatic heterocycles. The van der Waals surface area contributed by atoms with Crippen molar-refractivity contribution in [2.75, 3.05) is 25.1 Å². The Labute approximate surface area is 140 Å². The Morgan fingerprint density at radius 2 is 2.13 bits per heavy atom. The van der Waals surface area contributed by atoms with Gasteiger partial charge in [-0.05, 0) is 35.9 Å². The minimum Gasteiger partial charge on any atom is -0.341 e. The summed E-state index contributed by atoms with van der Waals surface area (Å²) in [7, 11) is -3.00. The van der Waals surface area contributed by atoms with Crippen LogP contribution in [0.2, 0.25) is 5.02 Å². The zero-order valence-corrected chi connectivity index (χ0v) is 14.5. The quantitative estimate of drug-likeness (QED) is 0.845. The normalized spacial score (nSPS) is 18.7. The van der Waals surface area contributed by atoms with E-state index in [1.807, 2.05) is 35.0 Å². The number of benzene rings is 1. The van der Waals surface area contributed by atoms with Crippen LogP contribution in [-0.4, -0.2) is 48.9 Å². The van der Waals surface area contributed by atoms with Crippen molar-refractivity contribution in [3.8, 4) is 0 Å². The van der Waals surface area contributed by atoms with Crippen LogP contribution in [0.1, 0.15) is 6.42 Å². The molecule has 1 unspecified atom stereocenters. The monoisotopic (exact) mass is 354 g/mol. The van der Waals surface area contributed by atoms with Gasteiger partial charge in [0.25, 0.3) is 0 Å². The van der Waals surface area contributed by atoms with E-state index in [4.69, 9.17) is 11.6 Å². The molecule has 1 aliphatic rings. The highest BCUT2D eigenvalue weighted by Crippen LogP contribution is 2.22. The van der Waals surface area contributed by atoms with Crippen molar-refractivity contribution < 1.29 is 13.2 Å². The van der Waals surface area contributed by atoms with Crippen LogP contribution >= 0.6 is 11.6 Å². The molecule has 1 fully saturated rings. The molecule has 7 heteroatoms. The van der Waals surface area contributed by atoms with Gasteiger partial charge in [-0.3, -0.25) is 4.79 Å². The van der Waals surface area contributed by atoms with Gasteiger partial charge in [-0.15, -0.1) is 0 Å². The highest BCUT2D eigenvalue weighted by atomic mass is 35.5. The topological polar surface area (TPSA) is 59.4 Å². The van der Waals surface area contributed by atoms with E-state index >= 15 is 0 Å². The highest BCUT2D eigenvalue weighted by Gasteiger charge is 2.28. The fraction of sp³-hybridized carbons (Fsp3) is 0.438. The van der Waals surface area contributed by atoms with E-state index in [9.17, 15) is 13.2 Å². The van der Waals surface area contributed by atoms with Crippen molar-refractivity contribution in [3.63, 3.8) is 0 Å². The summed E-state index contributed by atoms with van der Waals surface area (Å²) in [4.78, 5) is 14.2. The lowest BCUT2D eigenvalue weighted by Gasteiger charge is -2.17. The van der Waals surface area contributed by atoms with Gasteiger partial charge in [-0.25, -0.2) is 8.42 Å². The Morgan fingerprint density at radius 1 is 1.35 bits per heavy atom. The van der Waals surface area contributed by atoms with Crippen molar-refractivity contribution in [1.82, 2.24) is 9.47 Å². The molecule has 1 saturated heterocycles. The Kier molecular flexibility index (Phi) is 4.38. The maximum Gasteiger partial charge on any atom is 0.242 e. The van der Waals surface area contributed by atoms with Crippen molar-refractivity contribution in [3.05, 3.63) is 35.5 Å². The van der Waals surface area contributed by atoms with Crippen LogP contribution in [0, 0.1) is 5.92 Å². The first-order valence-corrected chi connectivity index (χ1v) is 9.95. The van der Waals surface area contributed by atoms with Crippen molar-refractivity contribution in [1.29, 1.82) is 0 Å². The Hall–Kier alpha value is -1.53. The fourth-order valence-electron chi connectivity index (χ4n) is 3.16. The smallest absolute Gasteiger partial charge is 0.242 e. The average Bonchev–Trinajstić information content (AvgIpc) is 3.05. The van der Waals surface area contributed by atoms with E-state index in [-0.39, 0.29) is 24.1 Å². The second kappa shape index (κ2) is 6.17. The third kappa shape index (κ3) is 3.87. The summed E-state index contributed by atoms with van der Waals surface area (Å²) in [5.74, 6) is 0.210. The molecule has 0 radical (unpaired) electrons. The van der Waals surface area contributed by atoms with E-state index in [2.05, 4.69) is 0 Å². The summed E-state index contributed by atoms with van der Waals surface area (Å²) in [6, 6.07) is 7.55. The first kappa shape index (κ1) is 16.3. The maximum absolute atomic E-state index is 12.5. The first-order valence-electron chi connectivity index (χ1n) is 7.52. The molecule has 2 aromatic rings. The predicted octanol–water partition coefficient (Wildman–Crippen LogP) is 2.19. The van der Waals surface area contributed by atoms with Crippen LogP contribution in [0.5, 0.6) is 0 Å². The number of fused-ring (bicyclic) bond motifs is 1. The van der Waals surface area contributed by atoms with Gasteiger partial charge in [0.15, 0.2) is 0 Å². The largest absolute Gasteiger partial charge is 0.341 e. The van der Waals surface area contributed by atoms with Crippen LogP contribution in [0.15, 0.2) is 30.5 Å². The summed E-state index contributed by atoms with van der Waals surface area (Å²) in [5.41, 5.74) is 0.928. The number of rotatable bonds is 4. The van der Waals surface area contributed by atoms with Crippen molar-refractivity contribution in [2.24, 2.45) is 5.92 Å². The van der Waals surface area contributed by atoms with Gasteiger partial charge < -0.3 is 9.47 Å². The minimum atomic E-state index is -3.00. The lowest BCUT2D eigenvalue weighted by atomic mass is 10.2. The number of amides is 1. The summed E-state index contributed by atoms with van der Waals surface area (Å²) >= 11 is 6.03. The van der Waals surface area contributed by atoms with E-state index in [0.29, 0.717) is 18.1 Å². The van der Waals surface area contributed by atoms with Crippen LogP contribution in [0.4, 0.5) is 0 Å². The van der Waals surface area contributed by atoms with Gasteiger partial charge >= 0.3 is 0 Å². The standard InChI is InChI=1S/C16H19ClN2O3S/c1-23(21,22)11-12-4-6-19(9-12)16(20)10-18-7-5-13-2-3-14(17)8-15(13)18/h2-3,5,7-8,12H,4,6,9-11H2,1H3. The molecule has 124 valence electrons. The number of aromatic nitrogens is 1. The second-order valence-corrected chi connectivity index (χ2v) is 8.85. The molecule has 1 amide bonds. The fourth-order valence-corrected chi connectivity index (χ4v) is 4.46. The summed E-state index contributed by atoms with van der Waals surface area (Å²) < 4.78 is 24.6. The number of carbonyl (C=O) groups is 1. The van der Waals surface area contributed by atoms with Gasteiger partial charge in [-0.2, -0.15) is 0 Å². The first-order chi connectivity index (χ1) is 10.8. The number of carbonyl (C=O) groups excluding carboxylic acids is 1. The van der Waals surface area contributed by atoms with E-state index in [0.717, 1.165) is 17.3 Å². The number of nitrogens with zero attached hydrogens (tertiary/aromatic N) is 2. The zero-order valence-electron chi connectivity index (χ0n) is 12.9. The van der Waals surface area contributed by atoms with Crippen molar-refractivity contribution in [2.45, 2.75) is 13.0 Å². The molecule has 0 aliphatic carbocycles. The molecule has 1 aromatic carbocycles. The molecule has 5 nitrogen and oxygen atoms in total. The molecule has 1 atom stereocenters. The van der Waals surface area contributed by atoms with Crippen molar-refractivity contribution >= 4 is 38.2 Å². The van der Waals surface area contributed by atoms with Gasteiger partial charge in [0, 0.05) is 36.1 Å². The number of sulfone groups is 1.